The zero-order valence-electron chi connectivity index (χ0n) is 13.0. The van der Waals surface area contributed by atoms with Crippen LogP contribution in [-0.2, 0) is 4.74 Å². The molecule has 0 saturated carbocycles. The van der Waals surface area contributed by atoms with E-state index in [1.54, 1.807) is 0 Å². The molecule has 116 valence electrons. The van der Waals surface area contributed by atoms with Crippen LogP contribution in [-0.4, -0.2) is 50.3 Å². The molecule has 0 aliphatic carbocycles. The lowest BCUT2D eigenvalue weighted by Gasteiger charge is -2.32. The van der Waals surface area contributed by atoms with Crippen LogP contribution in [0.5, 0.6) is 0 Å². The molecule has 2 atom stereocenters. The van der Waals surface area contributed by atoms with Gasteiger partial charge in [0.1, 0.15) is 0 Å². The first-order valence-electron chi connectivity index (χ1n) is 8.20. The van der Waals surface area contributed by atoms with Gasteiger partial charge < -0.3 is 15.4 Å². The molecule has 2 aliphatic heterocycles. The highest BCUT2D eigenvalue weighted by Gasteiger charge is 2.28. The maximum absolute atomic E-state index is 6.09. The molecule has 2 saturated heterocycles. The van der Waals surface area contributed by atoms with Crippen LogP contribution in [0.1, 0.15) is 31.4 Å². The molecule has 3 rings (SSSR count). The number of ether oxygens (including phenoxy) is 1. The first-order valence-corrected chi connectivity index (χ1v) is 8.20. The Kier molecular flexibility index (Phi) is 4.78. The minimum Gasteiger partial charge on any atom is -0.379 e. The van der Waals surface area contributed by atoms with Crippen LogP contribution in [0, 0.1) is 0 Å². The Morgan fingerprint density at radius 1 is 1.19 bits per heavy atom. The Bertz CT molecular complexity index is 442. The monoisotopic (exact) mass is 289 g/mol. The molecule has 2 fully saturated rings. The molecular weight excluding hydrogens is 262 g/mol. The number of rotatable bonds is 4. The predicted octanol–water partition coefficient (Wildman–Crippen LogP) is 2.01. The highest BCUT2D eigenvalue weighted by Crippen LogP contribution is 2.25. The van der Waals surface area contributed by atoms with Crippen molar-refractivity contribution in [3.63, 3.8) is 0 Å². The normalized spacial score (nSPS) is 25.2. The summed E-state index contributed by atoms with van der Waals surface area (Å²) in [6.45, 7) is 8.37. The summed E-state index contributed by atoms with van der Waals surface area (Å²) in [5.41, 5.74) is 8.66. The van der Waals surface area contributed by atoms with Crippen molar-refractivity contribution in [3.8, 4) is 0 Å². The third kappa shape index (κ3) is 3.39. The van der Waals surface area contributed by atoms with Crippen LogP contribution in [0.3, 0.4) is 0 Å². The van der Waals surface area contributed by atoms with Crippen molar-refractivity contribution in [2.45, 2.75) is 31.8 Å². The zero-order valence-corrected chi connectivity index (χ0v) is 13.0. The molecule has 2 heterocycles. The van der Waals surface area contributed by atoms with Crippen LogP contribution in [0.2, 0.25) is 0 Å². The van der Waals surface area contributed by atoms with E-state index in [2.05, 4.69) is 41.0 Å². The van der Waals surface area contributed by atoms with Crippen molar-refractivity contribution >= 4 is 5.69 Å². The van der Waals surface area contributed by atoms with Crippen LogP contribution >= 0.6 is 0 Å². The van der Waals surface area contributed by atoms with Crippen molar-refractivity contribution in [2.75, 3.05) is 44.3 Å². The van der Waals surface area contributed by atoms with Crippen LogP contribution < -0.4 is 10.6 Å². The van der Waals surface area contributed by atoms with Crippen molar-refractivity contribution in [1.29, 1.82) is 0 Å². The van der Waals surface area contributed by atoms with Gasteiger partial charge in [-0.15, -0.1) is 0 Å². The molecule has 2 N–H and O–H groups in total. The first kappa shape index (κ1) is 14.8. The molecule has 4 nitrogen and oxygen atoms in total. The van der Waals surface area contributed by atoms with E-state index in [4.69, 9.17) is 10.5 Å². The van der Waals surface area contributed by atoms with Gasteiger partial charge in [0.05, 0.1) is 13.2 Å². The molecule has 2 aliphatic rings. The number of hydrogen-bond acceptors (Lipinski definition) is 4. The summed E-state index contributed by atoms with van der Waals surface area (Å²) in [6, 6.07) is 9.68. The van der Waals surface area contributed by atoms with E-state index in [-0.39, 0.29) is 6.04 Å². The Morgan fingerprint density at radius 3 is 2.57 bits per heavy atom. The van der Waals surface area contributed by atoms with Gasteiger partial charge in [-0.2, -0.15) is 0 Å². The molecule has 0 spiro atoms. The minimum absolute atomic E-state index is 0.165. The maximum Gasteiger partial charge on any atom is 0.0594 e. The van der Waals surface area contributed by atoms with Gasteiger partial charge in [0.15, 0.2) is 0 Å². The highest BCUT2D eigenvalue weighted by atomic mass is 16.5. The van der Waals surface area contributed by atoms with Gasteiger partial charge in [0.2, 0.25) is 0 Å². The second-order valence-electron chi connectivity index (χ2n) is 6.14. The van der Waals surface area contributed by atoms with E-state index >= 15 is 0 Å². The topological polar surface area (TPSA) is 41.7 Å². The smallest absolute Gasteiger partial charge is 0.0594 e. The maximum atomic E-state index is 6.09. The Morgan fingerprint density at radius 2 is 1.90 bits per heavy atom. The number of hydrogen-bond donors (Lipinski definition) is 1. The van der Waals surface area contributed by atoms with Crippen LogP contribution in [0.25, 0.3) is 0 Å². The Balaban J connectivity index is 1.60. The SMILES string of the molecule is CC[C@H](N)c1ccc(N2CCC(N3CCOCC3)C2)cc1. The second kappa shape index (κ2) is 6.77. The van der Waals surface area contributed by atoms with Gasteiger partial charge in [-0.05, 0) is 30.5 Å². The average Bonchev–Trinajstić information content (AvgIpc) is 3.05. The molecule has 21 heavy (non-hydrogen) atoms. The average molecular weight is 289 g/mol. The van der Waals surface area contributed by atoms with Crippen molar-refractivity contribution in [2.24, 2.45) is 5.73 Å². The molecule has 0 bridgehead atoms. The van der Waals surface area contributed by atoms with Crippen molar-refractivity contribution < 1.29 is 4.74 Å². The number of anilines is 1. The summed E-state index contributed by atoms with van der Waals surface area (Å²) in [6.07, 6.45) is 2.25. The molecule has 4 heteroatoms. The predicted molar refractivity (Wildman–Crippen MR) is 86.7 cm³/mol. The van der Waals surface area contributed by atoms with Gasteiger partial charge in [-0.25, -0.2) is 0 Å². The van der Waals surface area contributed by atoms with E-state index in [0.29, 0.717) is 6.04 Å². The molecule has 1 unspecified atom stereocenters. The third-order valence-electron chi connectivity index (χ3n) is 4.85. The summed E-state index contributed by atoms with van der Waals surface area (Å²) in [7, 11) is 0. The third-order valence-corrected chi connectivity index (χ3v) is 4.85. The van der Waals surface area contributed by atoms with E-state index in [9.17, 15) is 0 Å². The molecule has 0 radical (unpaired) electrons. The van der Waals surface area contributed by atoms with Gasteiger partial charge >= 0.3 is 0 Å². The second-order valence-corrected chi connectivity index (χ2v) is 6.14. The summed E-state index contributed by atoms with van der Waals surface area (Å²) in [5.74, 6) is 0. The fraction of sp³-hybridized carbons (Fsp3) is 0.647. The van der Waals surface area contributed by atoms with Crippen molar-refractivity contribution in [1.82, 2.24) is 4.90 Å². The van der Waals surface area contributed by atoms with E-state index in [1.165, 1.54) is 17.7 Å². The number of nitrogens with two attached hydrogens (primary N) is 1. The molecule has 0 aromatic heterocycles. The zero-order chi connectivity index (χ0) is 14.7. The van der Waals surface area contributed by atoms with Gasteiger partial charge in [0.25, 0.3) is 0 Å². The number of morpholine rings is 1. The quantitative estimate of drug-likeness (QED) is 0.920. The largest absolute Gasteiger partial charge is 0.379 e. The molecule has 1 aromatic carbocycles. The number of nitrogens with zero attached hydrogens (tertiary/aromatic N) is 2. The fourth-order valence-electron chi connectivity index (χ4n) is 3.39. The summed E-state index contributed by atoms with van der Waals surface area (Å²) in [4.78, 5) is 5.09. The van der Waals surface area contributed by atoms with Crippen molar-refractivity contribution in [3.05, 3.63) is 29.8 Å². The molecule has 1 aromatic rings. The number of benzene rings is 1. The van der Waals surface area contributed by atoms with Gasteiger partial charge in [-0.3, -0.25) is 4.90 Å². The summed E-state index contributed by atoms with van der Waals surface area (Å²) < 4.78 is 5.45. The van der Waals surface area contributed by atoms with E-state index in [0.717, 1.165) is 45.8 Å². The van der Waals surface area contributed by atoms with Crippen LogP contribution in [0.15, 0.2) is 24.3 Å². The first-order chi connectivity index (χ1) is 10.3. The lowest BCUT2D eigenvalue weighted by molar-refractivity contribution is 0.0209. The molecular formula is C17H27N3O. The Hall–Kier alpha value is -1.10. The fourth-order valence-corrected chi connectivity index (χ4v) is 3.39. The van der Waals surface area contributed by atoms with Crippen LogP contribution in [0.4, 0.5) is 5.69 Å². The highest BCUT2D eigenvalue weighted by molar-refractivity contribution is 5.49. The Labute approximate surface area is 127 Å². The molecule has 0 amide bonds. The lowest BCUT2D eigenvalue weighted by atomic mass is 10.1. The summed E-state index contributed by atoms with van der Waals surface area (Å²) >= 11 is 0. The summed E-state index contributed by atoms with van der Waals surface area (Å²) in [5, 5.41) is 0. The lowest BCUT2D eigenvalue weighted by Crippen LogP contribution is -2.44. The van der Waals surface area contributed by atoms with Gasteiger partial charge in [-0.1, -0.05) is 19.1 Å². The minimum atomic E-state index is 0.165. The standard InChI is InChI=1S/C17H27N3O/c1-2-17(18)14-3-5-15(6-4-14)20-8-7-16(13-20)19-9-11-21-12-10-19/h3-6,16-17H,2,7-13,18H2,1H3/t16?,17-/m0/s1. The van der Waals surface area contributed by atoms with E-state index in [1.807, 2.05) is 0 Å². The van der Waals surface area contributed by atoms with E-state index < -0.39 is 0 Å². The van der Waals surface area contributed by atoms with Gasteiger partial charge in [0, 0.05) is 44.0 Å².